The second kappa shape index (κ2) is 6.78. The predicted molar refractivity (Wildman–Crippen MR) is 97.9 cm³/mol. The second-order valence-electron chi connectivity index (χ2n) is 6.72. The second-order valence-corrected chi connectivity index (χ2v) is 6.72. The molecule has 1 aliphatic heterocycles. The molecule has 26 heavy (non-hydrogen) atoms. The molecule has 1 aliphatic rings. The molecule has 4 rings (SSSR count). The van der Waals surface area contributed by atoms with Gasteiger partial charge in [-0.2, -0.15) is 0 Å². The predicted octanol–water partition coefficient (Wildman–Crippen LogP) is 4.15. The Labute approximate surface area is 151 Å². The third-order valence-corrected chi connectivity index (χ3v) is 5.23. The van der Waals surface area contributed by atoms with Gasteiger partial charge in [0.05, 0.1) is 19.9 Å². The number of likely N-dealkylation sites (tertiary alicyclic amines) is 1. The lowest BCUT2D eigenvalue weighted by atomic mass is 9.89. The van der Waals surface area contributed by atoms with Crippen LogP contribution in [-0.2, 0) is 6.54 Å². The fourth-order valence-corrected chi connectivity index (χ4v) is 3.84. The van der Waals surface area contributed by atoms with Crippen LogP contribution in [0.1, 0.15) is 30.1 Å². The number of carbonyl (C=O) groups is 1. The van der Waals surface area contributed by atoms with Crippen molar-refractivity contribution in [3.8, 4) is 5.75 Å². The molecule has 1 amide bonds. The number of rotatable bonds is 4. The number of amides is 1. The lowest BCUT2D eigenvalue weighted by molar-refractivity contribution is 0.132. The molecule has 0 saturated carbocycles. The van der Waals surface area contributed by atoms with E-state index >= 15 is 0 Å². The van der Waals surface area contributed by atoms with Gasteiger partial charge < -0.3 is 23.7 Å². The van der Waals surface area contributed by atoms with E-state index in [0.717, 1.165) is 29.9 Å². The molecule has 1 saturated heterocycles. The maximum Gasteiger partial charge on any atom is 0.407 e. The summed E-state index contributed by atoms with van der Waals surface area (Å²) in [5.74, 6) is 2.08. The van der Waals surface area contributed by atoms with E-state index < -0.39 is 6.09 Å². The van der Waals surface area contributed by atoms with Gasteiger partial charge in [-0.15, -0.1) is 0 Å². The van der Waals surface area contributed by atoms with Crippen LogP contribution in [0.5, 0.6) is 5.75 Å². The number of benzene rings is 1. The van der Waals surface area contributed by atoms with Crippen molar-refractivity contribution in [2.45, 2.75) is 25.3 Å². The maximum atomic E-state index is 11.2. The highest BCUT2D eigenvalue weighted by Crippen LogP contribution is 2.36. The van der Waals surface area contributed by atoms with E-state index in [1.165, 1.54) is 15.8 Å². The molecule has 3 aromatic rings. The molecule has 0 radical (unpaired) electrons. The smallest absolute Gasteiger partial charge is 0.407 e. The number of hydrogen-bond acceptors (Lipinski definition) is 3. The van der Waals surface area contributed by atoms with Crippen LogP contribution < -0.4 is 4.74 Å². The van der Waals surface area contributed by atoms with Crippen LogP contribution in [0.25, 0.3) is 10.9 Å². The molecular formula is C20H22N2O4. The molecule has 6 nitrogen and oxygen atoms in total. The van der Waals surface area contributed by atoms with E-state index in [-0.39, 0.29) is 0 Å². The summed E-state index contributed by atoms with van der Waals surface area (Å²) < 4.78 is 13.1. The number of furan rings is 1. The highest BCUT2D eigenvalue weighted by molar-refractivity contribution is 5.86. The van der Waals surface area contributed by atoms with Gasteiger partial charge in [-0.25, -0.2) is 4.79 Å². The summed E-state index contributed by atoms with van der Waals surface area (Å²) in [4.78, 5) is 12.7. The Morgan fingerprint density at radius 1 is 1.31 bits per heavy atom. The van der Waals surface area contributed by atoms with Gasteiger partial charge in [0.2, 0.25) is 0 Å². The Bertz CT molecular complexity index is 905. The molecule has 0 bridgehead atoms. The molecule has 0 aliphatic carbocycles. The molecule has 136 valence electrons. The zero-order valence-electron chi connectivity index (χ0n) is 14.7. The topological polar surface area (TPSA) is 67.8 Å². The normalized spacial score (nSPS) is 15.5. The van der Waals surface area contributed by atoms with Crippen LogP contribution in [0.3, 0.4) is 0 Å². The lowest BCUT2D eigenvalue weighted by Gasteiger charge is -2.29. The van der Waals surface area contributed by atoms with Crippen molar-refractivity contribution in [2.75, 3.05) is 20.2 Å². The van der Waals surface area contributed by atoms with Crippen LogP contribution in [0.15, 0.2) is 47.2 Å². The summed E-state index contributed by atoms with van der Waals surface area (Å²) >= 11 is 0. The highest BCUT2D eigenvalue weighted by Gasteiger charge is 2.26. The minimum absolute atomic E-state index is 0.345. The van der Waals surface area contributed by atoms with Crippen molar-refractivity contribution in [3.05, 3.63) is 54.1 Å². The number of fused-ring (bicyclic) bond motifs is 1. The molecule has 0 spiro atoms. The van der Waals surface area contributed by atoms with E-state index in [1.54, 1.807) is 13.4 Å². The van der Waals surface area contributed by atoms with Gasteiger partial charge in [-0.3, -0.25) is 0 Å². The van der Waals surface area contributed by atoms with Crippen molar-refractivity contribution in [3.63, 3.8) is 0 Å². The van der Waals surface area contributed by atoms with Crippen molar-refractivity contribution >= 4 is 17.0 Å². The third kappa shape index (κ3) is 3.03. The third-order valence-electron chi connectivity index (χ3n) is 5.23. The number of aromatic nitrogens is 1. The quantitative estimate of drug-likeness (QED) is 0.764. The summed E-state index contributed by atoms with van der Waals surface area (Å²) in [5, 5.41) is 10.3. The lowest BCUT2D eigenvalue weighted by Crippen LogP contribution is -2.36. The Kier molecular flexibility index (Phi) is 4.32. The SMILES string of the molecule is COc1ccc2c(c1)c(C1CCN(C(=O)O)CC1)cn2Cc1ccco1. The summed E-state index contributed by atoms with van der Waals surface area (Å²) in [6.45, 7) is 1.83. The van der Waals surface area contributed by atoms with Gasteiger partial charge in [0.25, 0.3) is 0 Å². The first-order valence-electron chi connectivity index (χ1n) is 8.82. The zero-order valence-corrected chi connectivity index (χ0v) is 14.7. The first kappa shape index (κ1) is 16.6. The molecule has 2 aromatic heterocycles. The molecule has 3 heterocycles. The first-order chi connectivity index (χ1) is 12.7. The van der Waals surface area contributed by atoms with Crippen molar-refractivity contribution in [1.82, 2.24) is 9.47 Å². The molecule has 0 unspecified atom stereocenters. The number of nitrogens with zero attached hydrogens (tertiary/aromatic N) is 2. The van der Waals surface area contributed by atoms with Gasteiger partial charge in [-0.05, 0) is 54.7 Å². The van der Waals surface area contributed by atoms with Crippen molar-refractivity contribution in [1.29, 1.82) is 0 Å². The monoisotopic (exact) mass is 354 g/mol. The van der Waals surface area contributed by atoms with Crippen molar-refractivity contribution < 1.29 is 19.1 Å². The molecule has 0 atom stereocenters. The Hall–Kier alpha value is -2.89. The minimum atomic E-state index is -0.828. The Morgan fingerprint density at radius 2 is 2.12 bits per heavy atom. The van der Waals surface area contributed by atoms with Gasteiger partial charge in [0.15, 0.2) is 0 Å². The highest BCUT2D eigenvalue weighted by atomic mass is 16.5. The Balaban J connectivity index is 1.70. The van der Waals surface area contributed by atoms with Crippen LogP contribution in [0, 0.1) is 0 Å². The number of methoxy groups -OCH3 is 1. The summed E-state index contributed by atoms with van der Waals surface area (Å²) in [5.41, 5.74) is 2.40. The van der Waals surface area contributed by atoms with E-state index in [9.17, 15) is 9.90 Å². The molecule has 6 heteroatoms. The molecule has 1 fully saturated rings. The van der Waals surface area contributed by atoms with Crippen LogP contribution >= 0.6 is 0 Å². The zero-order chi connectivity index (χ0) is 18.1. The van der Waals surface area contributed by atoms with E-state index in [2.05, 4.69) is 22.9 Å². The number of hydrogen-bond donors (Lipinski definition) is 1. The fourth-order valence-electron chi connectivity index (χ4n) is 3.84. The average molecular weight is 354 g/mol. The standard InChI is InChI=1S/C20H22N2O4/c1-25-15-4-5-19-17(11-15)18(13-22(19)12-16-3-2-10-26-16)14-6-8-21(9-7-14)20(23)24/h2-5,10-11,13-14H,6-9,12H2,1H3,(H,23,24). The van der Waals surface area contributed by atoms with Gasteiger partial charge in [-0.1, -0.05) is 0 Å². The van der Waals surface area contributed by atoms with E-state index in [4.69, 9.17) is 9.15 Å². The molecule has 1 aromatic carbocycles. The Morgan fingerprint density at radius 3 is 2.77 bits per heavy atom. The summed E-state index contributed by atoms with van der Waals surface area (Å²) in [6.07, 6.45) is 4.72. The summed E-state index contributed by atoms with van der Waals surface area (Å²) in [6, 6.07) is 9.99. The summed E-state index contributed by atoms with van der Waals surface area (Å²) in [7, 11) is 1.67. The van der Waals surface area contributed by atoms with Crippen LogP contribution in [-0.4, -0.2) is 40.9 Å². The minimum Gasteiger partial charge on any atom is -0.497 e. The molecule has 1 N–H and O–H groups in total. The number of piperidine rings is 1. The molecular weight excluding hydrogens is 332 g/mol. The van der Waals surface area contributed by atoms with E-state index in [1.807, 2.05) is 18.2 Å². The average Bonchev–Trinajstić information content (AvgIpc) is 3.30. The maximum absolute atomic E-state index is 11.2. The first-order valence-corrected chi connectivity index (χ1v) is 8.82. The van der Waals surface area contributed by atoms with Crippen LogP contribution in [0.4, 0.5) is 4.79 Å². The van der Waals surface area contributed by atoms with Gasteiger partial charge >= 0.3 is 6.09 Å². The number of carboxylic acid groups (broad SMARTS) is 1. The fraction of sp³-hybridized carbons (Fsp3) is 0.350. The van der Waals surface area contributed by atoms with E-state index in [0.29, 0.717) is 25.6 Å². The van der Waals surface area contributed by atoms with Gasteiger partial charge in [0, 0.05) is 30.2 Å². The van der Waals surface area contributed by atoms with Gasteiger partial charge in [0.1, 0.15) is 11.5 Å². The van der Waals surface area contributed by atoms with Crippen LogP contribution in [0.2, 0.25) is 0 Å². The van der Waals surface area contributed by atoms with Crippen molar-refractivity contribution in [2.24, 2.45) is 0 Å². The largest absolute Gasteiger partial charge is 0.497 e. The number of ether oxygens (including phenoxy) is 1.